The maximum Gasteiger partial charge on any atom is 0.169 e. The molecule has 4 heteroatoms. The van der Waals surface area contributed by atoms with Crippen LogP contribution in [0.5, 0.6) is 0 Å². The van der Waals surface area contributed by atoms with Crippen molar-refractivity contribution < 1.29 is 9.47 Å². The molecule has 1 unspecified atom stereocenters. The lowest BCUT2D eigenvalue weighted by Crippen LogP contribution is -2.32. The zero-order valence-corrected chi connectivity index (χ0v) is 13.2. The van der Waals surface area contributed by atoms with Crippen LogP contribution in [0, 0.1) is 0 Å². The van der Waals surface area contributed by atoms with Gasteiger partial charge < -0.3 is 14.8 Å². The van der Waals surface area contributed by atoms with Crippen molar-refractivity contribution in [2.75, 3.05) is 19.8 Å². The average molecular weight is 293 g/mol. The molecule has 0 bridgehead atoms. The van der Waals surface area contributed by atoms with Gasteiger partial charge in [0.1, 0.15) is 0 Å². The second kappa shape index (κ2) is 7.74. The van der Waals surface area contributed by atoms with Crippen LogP contribution in [0.1, 0.15) is 31.7 Å². The van der Waals surface area contributed by atoms with E-state index in [1.54, 1.807) is 0 Å². The molecule has 20 heavy (non-hydrogen) atoms. The first kappa shape index (κ1) is 15.4. The van der Waals surface area contributed by atoms with Gasteiger partial charge in [-0.2, -0.15) is 0 Å². The van der Waals surface area contributed by atoms with Gasteiger partial charge in [0.15, 0.2) is 6.29 Å². The van der Waals surface area contributed by atoms with E-state index in [0.717, 1.165) is 0 Å². The zero-order valence-electron chi connectivity index (χ0n) is 12.4. The maximum atomic E-state index is 5.55. The van der Waals surface area contributed by atoms with Gasteiger partial charge >= 0.3 is 0 Å². The third-order valence-corrected chi connectivity index (χ3v) is 4.47. The molecular weight excluding hydrogens is 270 g/mol. The second-order valence-corrected chi connectivity index (χ2v) is 5.77. The van der Waals surface area contributed by atoms with E-state index in [1.807, 2.05) is 25.2 Å². The van der Waals surface area contributed by atoms with Crippen LogP contribution in [0.3, 0.4) is 0 Å². The summed E-state index contributed by atoms with van der Waals surface area (Å²) in [6.45, 7) is 8.20. The Labute approximate surface area is 124 Å². The van der Waals surface area contributed by atoms with Gasteiger partial charge in [0.05, 0.1) is 0 Å². The van der Waals surface area contributed by atoms with Crippen molar-refractivity contribution in [1.82, 2.24) is 5.32 Å². The molecule has 0 aliphatic heterocycles. The van der Waals surface area contributed by atoms with Crippen molar-refractivity contribution in [3.63, 3.8) is 0 Å². The summed E-state index contributed by atoms with van der Waals surface area (Å²) in [5.41, 5.74) is 0. The minimum Gasteiger partial charge on any atom is -0.352 e. The molecule has 2 aromatic rings. The van der Waals surface area contributed by atoms with Gasteiger partial charge in [0.2, 0.25) is 0 Å². The molecule has 1 N–H and O–H groups in total. The van der Waals surface area contributed by atoms with Crippen LogP contribution in [0.15, 0.2) is 30.3 Å². The number of benzene rings is 1. The highest BCUT2D eigenvalue weighted by Gasteiger charge is 2.13. The molecule has 1 aromatic carbocycles. The van der Waals surface area contributed by atoms with Crippen LogP contribution in [0.25, 0.3) is 10.1 Å². The highest BCUT2D eigenvalue weighted by Crippen LogP contribution is 2.29. The molecular formula is C16H23NO2S. The van der Waals surface area contributed by atoms with Crippen molar-refractivity contribution in [1.29, 1.82) is 0 Å². The smallest absolute Gasteiger partial charge is 0.169 e. The number of ether oxygens (including phenoxy) is 2. The third kappa shape index (κ3) is 4.03. The quantitative estimate of drug-likeness (QED) is 0.748. The summed E-state index contributed by atoms with van der Waals surface area (Å²) < 4.78 is 12.4. The number of hydrogen-bond donors (Lipinski definition) is 1. The van der Waals surface area contributed by atoms with Crippen molar-refractivity contribution in [2.45, 2.75) is 33.1 Å². The van der Waals surface area contributed by atoms with E-state index in [0.29, 0.717) is 25.8 Å². The molecule has 110 valence electrons. The number of fused-ring (bicyclic) bond motifs is 1. The van der Waals surface area contributed by atoms with Gasteiger partial charge in [-0.25, -0.2) is 0 Å². The number of nitrogens with one attached hydrogen (secondary N) is 1. The zero-order chi connectivity index (χ0) is 14.4. The molecule has 0 spiro atoms. The molecule has 0 saturated carbocycles. The number of hydrogen-bond acceptors (Lipinski definition) is 4. The Balaban J connectivity index is 1.95. The van der Waals surface area contributed by atoms with E-state index < -0.39 is 0 Å². The Hall–Kier alpha value is -0.940. The van der Waals surface area contributed by atoms with Crippen LogP contribution in [0.2, 0.25) is 0 Å². The molecule has 0 saturated heterocycles. The topological polar surface area (TPSA) is 30.5 Å². The lowest BCUT2D eigenvalue weighted by Gasteiger charge is -2.20. The normalized spacial score (nSPS) is 13.2. The van der Waals surface area contributed by atoms with E-state index in [9.17, 15) is 0 Å². The number of rotatable bonds is 8. The summed E-state index contributed by atoms with van der Waals surface area (Å²) in [5, 5.41) is 4.80. The van der Waals surface area contributed by atoms with E-state index in [4.69, 9.17) is 9.47 Å². The minimum atomic E-state index is -0.165. The van der Waals surface area contributed by atoms with Gasteiger partial charge in [-0.1, -0.05) is 18.2 Å². The molecule has 0 aliphatic rings. The predicted molar refractivity (Wildman–Crippen MR) is 85.3 cm³/mol. The summed E-state index contributed by atoms with van der Waals surface area (Å²) in [6, 6.07) is 11.0. The molecule has 1 heterocycles. The summed E-state index contributed by atoms with van der Waals surface area (Å²) in [7, 11) is 0. The van der Waals surface area contributed by atoms with Gasteiger partial charge in [-0.05, 0) is 38.3 Å². The molecule has 0 amide bonds. The minimum absolute atomic E-state index is 0.165. The average Bonchev–Trinajstić information content (AvgIpc) is 2.89. The van der Waals surface area contributed by atoms with Crippen molar-refractivity contribution >= 4 is 21.4 Å². The molecule has 1 atom stereocenters. The van der Waals surface area contributed by atoms with Crippen LogP contribution in [-0.2, 0) is 9.47 Å². The SMILES string of the molecule is CCOC(CNC(C)c1cc2ccccc2s1)OCC. The monoisotopic (exact) mass is 293 g/mol. The second-order valence-electron chi connectivity index (χ2n) is 4.66. The van der Waals surface area contributed by atoms with E-state index in [1.165, 1.54) is 15.0 Å². The predicted octanol–water partition coefficient (Wildman–Crippen LogP) is 3.95. The summed E-state index contributed by atoms with van der Waals surface area (Å²) in [5.74, 6) is 0. The number of thiophene rings is 1. The highest BCUT2D eigenvalue weighted by molar-refractivity contribution is 7.19. The lowest BCUT2D eigenvalue weighted by atomic mass is 10.2. The Morgan fingerprint density at radius 1 is 1.15 bits per heavy atom. The first-order valence-electron chi connectivity index (χ1n) is 7.19. The fourth-order valence-corrected chi connectivity index (χ4v) is 3.22. The van der Waals surface area contributed by atoms with Crippen LogP contribution < -0.4 is 5.32 Å². The van der Waals surface area contributed by atoms with E-state index >= 15 is 0 Å². The van der Waals surface area contributed by atoms with Gasteiger partial charge in [0.25, 0.3) is 0 Å². The van der Waals surface area contributed by atoms with Crippen LogP contribution in [0.4, 0.5) is 0 Å². The van der Waals surface area contributed by atoms with Crippen molar-refractivity contribution in [3.05, 3.63) is 35.2 Å². The molecule has 0 radical (unpaired) electrons. The standard InChI is InChI=1S/C16H23NO2S/c1-4-18-16(19-5-2)11-17-12(3)15-10-13-8-6-7-9-14(13)20-15/h6-10,12,16-17H,4-5,11H2,1-3H3. The first-order valence-corrected chi connectivity index (χ1v) is 8.01. The Kier molecular flexibility index (Phi) is 5.98. The van der Waals surface area contributed by atoms with Gasteiger partial charge in [-0.15, -0.1) is 11.3 Å². The van der Waals surface area contributed by atoms with Gasteiger partial charge in [0, 0.05) is 35.4 Å². The Morgan fingerprint density at radius 2 is 1.85 bits per heavy atom. The van der Waals surface area contributed by atoms with Gasteiger partial charge in [-0.3, -0.25) is 0 Å². The van der Waals surface area contributed by atoms with Crippen molar-refractivity contribution in [3.8, 4) is 0 Å². The van der Waals surface area contributed by atoms with E-state index in [2.05, 4.69) is 42.6 Å². The molecule has 1 aromatic heterocycles. The largest absolute Gasteiger partial charge is 0.352 e. The Morgan fingerprint density at radius 3 is 2.50 bits per heavy atom. The molecule has 0 aliphatic carbocycles. The third-order valence-electron chi connectivity index (χ3n) is 3.17. The fourth-order valence-electron chi connectivity index (χ4n) is 2.13. The molecule has 3 nitrogen and oxygen atoms in total. The van der Waals surface area contributed by atoms with Crippen LogP contribution in [-0.4, -0.2) is 26.0 Å². The fraction of sp³-hybridized carbons (Fsp3) is 0.500. The summed E-state index contributed by atoms with van der Waals surface area (Å²) in [4.78, 5) is 1.35. The molecule has 2 rings (SSSR count). The van der Waals surface area contributed by atoms with E-state index in [-0.39, 0.29) is 6.29 Å². The summed E-state index contributed by atoms with van der Waals surface area (Å²) >= 11 is 1.84. The van der Waals surface area contributed by atoms with Crippen LogP contribution >= 0.6 is 11.3 Å². The maximum absolute atomic E-state index is 5.55. The lowest BCUT2D eigenvalue weighted by molar-refractivity contribution is -0.133. The Bertz CT molecular complexity index is 487. The molecule has 0 fully saturated rings. The summed E-state index contributed by atoms with van der Waals surface area (Å²) in [6.07, 6.45) is -0.165. The first-order chi connectivity index (χ1) is 9.74. The van der Waals surface area contributed by atoms with Crippen molar-refractivity contribution in [2.24, 2.45) is 0 Å². The highest BCUT2D eigenvalue weighted by atomic mass is 32.1.